The molecule has 138 valence electrons. The second-order valence-corrected chi connectivity index (χ2v) is 7.47. The van der Waals surface area contributed by atoms with E-state index in [1.54, 1.807) is 19.0 Å². The van der Waals surface area contributed by atoms with Crippen LogP contribution in [0.2, 0.25) is 0 Å². The van der Waals surface area contributed by atoms with Crippen LogP contribution < -0.4 is 0 Å². The third-order valence-corrected chi connectivity index (χ3v) is 5.44. The van der Waals surface area contributed by atoms with Crippen LogP contribution in [-0.4, -0.2) is 72.1 Å². The summed E-state index contributed by atoms with van der Waals surface area (Å²) >= 11 is 0. The zero-order chi connectivity index (χ0) is 17.6. The zero-order valence-corrected chi connectivity index (χ0v) is 15.5. The molecular weight excluding hydrogens is 316 g/mol. The fourth-order valence-electron chi connectivity index (χ4n) is 3.96. The molecule has 2 saturated heterocycles. The van der Waals surface area contributed by atoms with E-state index in [9.17, 15) is 4.79 Å². The van der Waals surface area contributed by atoms with Crippen LogP contribution in [0.1, 0.15) is 48.3 Å². The van der Waals surface area contributed by atoms with Crippen molar-refractivity contribution in [1.29, 1.82) is 0 Å². The Hall–Kier alpha value is -1.53. The Morgan fingerprint density at radius 2 is 2.00 bits per heavy atom. The Kier molecular flexibility index (Phi) is 6.37. The predicted octanol–water partition coefficient (Wildman–Crippen LogP) is 2.00. The zero-order valence-electron chi connectivity index (χ0n) is 15.5. The lowest BCUT2D eigenvalue weighted by Gasteiger charge is -2.33. The van der Waals surface area contributed by atoms with E-state index in [0.29, 0.717) is 17.7 Å². The summed E-state index contributed by atoms with van der Waals surface area (Å²) in [5.41, 5.74) is 1.48. The molecule has 3 rings (SSSR count). The molecule has 0 aromatic carbocycles. The van der Waals surface area contributed by atoms with Gasteiger partial charge in [-0.05, 0) is 63.6 Å². The smallest absolute Gasteiger partial charge is 0.272 e. The van der Waals surface area contributed by atoms with Gasteiger partial charge >= 0.3 is 0 Å². The van der Waals surface area contributed by atoms with Crippen LogP contribution >= 0.6 is 0 Å². The summed E-state index contributed by atoms with van der Waals surface area (Å²) in [6, 6.07) is 2.57. The van der Waals surface area contributed by atoms with E-state index in [1.807, 2.05) is 6.07 Å². The molecule has 1 aromatic heterocycles. The highest BCUT2D eigenvalue weighted by atomic mass is 16.5. The number of hydrogen-bond donors (Lipinski definition) is 0. The molecule has 2 fully saturated rings. The Balaban J connectivity index is 1.56. The fraction of sp³-hybridized carbons (Fsp3) is 0.737. The van der Waals surface area contributed by atoms with Crippen LogP contribution in [0.3, 0.4) is 0 Å². The lowest BCUT2D eigenvalue weighted by Crippen LogP contribution is -2.40. The van der Waals surface area contributed by atoms with Crippen molar-refractivity contribution in [1.82, 2.24) is 19.8 Å². The Labute approximate surface area is 150 Å². The first-order valence-electron chi connectivity index (χ1n) is 9.48. The molecule has 0 spiro atoms. The minimum absolute atomic E-state index is 0.0600. The number of amides is 1. The van der Waals surface area contributed by atoms with E-state index in [4.69, 9.17) is 4.74 Å². The van der Waals surface area contributed by atoms with Crippen molar-refractivity contribution in [3.05, 3.63) is 23.8 Å². The standard InChI is InChI=1S/C19H30N4O2/c1-22(2)19(24)18-13-16(20-14-21-18)12-15-4-3-8-23(9-5-15)17-6-10-25-11-7-17/h13-15,17H,3-12H2,1-2H3. The first-order valence-corrected chi connectivity index (χ1v) is 9.48. The fourth-order valence-corrected chi connectivity index (χ4v) is 3.96. The first-order chi connectivity index (χ1) is 12.1. The number of nitrogens with zero attached hydrogens (tertiary/aromatic N) is 4. The van der Waals surface area contributed by atoms with Crippen LogP contribution in [0, 0.1) is 5.92 Å². The molecule has 1 atom stereocenters. The van der Waals surface area contributed by atoms with Gasteiger partial charge in [0.25, 0.3) is 5.91 Å². The van der Waals surface area contributed by atoms with Gasteiger partial charge in [0.15, 0.2) is 0 Å². The van der Waals surface area contributed by atoms with Gasteiger partial charge in [0.2, 0.25) is 0 Å². The van der Waals surface area contributed by atoms with E-state index >= 15 is 0 Å². The third-order valence-electron chi connectivity index (χ3n) is 5.44. The van der Waals surface area contributed by atoms with E-state index in [1.165, 1.54) is 51.5 Å². The van der Waals surface area contributed by atoms with E-state index in [0.717, 1.165) is 25.3 Å². The average molecular weight is 346 g/mol. The van der Waals surface area contributed by atoms with Crippen molar-refractivity contribution < 1.29 is 9.53 Å². The van der Waals surface area contributed by atoms with Crippen molar-refractivity contribution >= 4 is 5.91 Å². The van der Waals surface area contributed by atoms with Crippen LogP contribution in [0.25, 0.3) is 0 Å². The maximum Gasteiger partial charge on any atom is 0.272 e. The summed E-state index contributed by atoms with van der Waals surface area (Å²) < 4.78 is 5.50. The van der Waals surface area contributed by atoms with E-state index in [-0.39, 0.29) is 5.91 Å². The number of carbonyl (C=O) groups is 1. The monoisotopic (exact) mass is 346 g/mol. The highest BCUT2D eigenvalue weighted by molar-refractivity contribution is 5.91. The molecule has 6 heteroatoms. The van der Waals surface area contributed by atoms with Crippen molar-refractivity contribution in [3.8, 4) is 0 Å². The van der Waals surface area contributed by atoms with Gasteiger partial charge in [-0.1, -0.05) is 0 Å². The van der Waals surface area contributed by atoms with E-state index in [2.05, 4.69) is 14.9 Å². The van der Waals surface area contributed by atoms with Crippen LogP contribution in [0.5, 0.6) is 0 Å². The van der Waals surface area contributed by atoms with Crippen molar-refractivity contribution in [2.75, 3.05) is 40.4 Å². The summed E-state index contributed by atoms with van der Waals surface area (Å²) in [5.74, 6) is 0.581. The number of hydrogen-bond acceptors (Lipinski definition) is 5. The van der Waals surface area contributed by atoms with E-state index < -0.39 is 0 Å². The molecule has 0 saturated carbocycles. The molecular formula is C19H30N4O2. The maximum absolute atomic E-state index is 12.1. The second kappa shape index (κ2) is 8.72. The summed E-state index contributed by atoms with van der Waals surface area (Å²) in [4.78, 5) is 24.8. The predicted molar refractivity (Wildman–Crippen MR) is 96.5 cm³/mol. The first kappa shape index (κ1) is 18.3. The van der Waals surface area contributed by atoms with Crippen LogP contribution in [-0.2, 0) is 11.2 Å². The molecule has 1 unspecified atom stereocenters. The van der Waals surface area contributed by atoms with Crippen molar-refractivity contribution in [2.24, 2.45) is 5.92 Å². The summed E-state index contributed by atoms with van der Waals surface area (Å²) in [6.45, 7) is 4.20. The number of rotatable bonds is 4. The molecule has 1 aromatic rings. The van der Waals surface area contributed by atoms with Crippen molar-refractivity contribution in [2.45, 2.75) is 44.6 Å². The van der Waals surface area contributed by atoms with Gasteiger partial charge in [0.1, 0.15) is 12.0 Å². The Morgan fingerprint density at radius 3 is 2.76 bits per heavy atom. The molecule has 25 heavy (non-hydrogen) atoms. The molecule has 2 aliphatic rings. The molecule has 0 bridgehead atoms. The number of aromatic nitrogens is 2. The summed E-state index contributed by atoms with van der Waals surface area (Å²) in [7, 11) is 3.50. The Bertz CT molecular complexity index is 572. The lowest BCUT2D eigenvalue weighted by atomic mass is 9.95. The third kappa shape index (κ3) is 4.98. The topological polar surface area (TPSA) is 58.6 Å². The molecule has 6 nitrogen and oxygen atoms in total. The summed E-state index contributed by atoms with van der Waals surface area (Å²) in [6.07, 6.45) is 8.50. The molecule has 2 aliphatic heterocycles. The Morgan fingerprint density at radius 1 is 1.20 bits per heavy atom. The average Bonchev–Trinajstić information content (AvgIpc) is 2.87. The van der Waals surface area contributed by atoms with Crippen LogP contribution in [0.15, 0.2) is 12.4 Å². The summed E-state index contributed by atoms with van der Waals surface area (Å²) in [5, 5.41) is 0. The van der Waals surface area contributed by atoms with Gasteiger partial charge in [-0.15, -0.1) is 0 Å². The quantitative estimate of drug-likeness (QED) is 0.835. The van der Waals surface area contributed by atoms with Gasteiger partial charge in [-0.3, -0.25) is 4.79 Å². The second-order valence-electron chi connectivity index (χ2n) is 7.47. The largest absolute Gasteiger partial charge is 0.381 e. The van der Waals surface area contributed by atoms with Gasteiger partial charge in [0, 0.05) is 39.0 Å². The molecule has 3 heterocycles. The van der Waals surface area contributed by atoms with Gasteiger partial charge in [-0.25, -0.2) is 9.97 Å². The molecule has 0 N–H and O–H groups in total. The normalized spacial score (nSPS) is 23.2. The lowest BCUT2D eigenvalue weighted by molar-refractivity contribution is 0.0349. The highest BCUT2D eigenvalue weighted by Crippen LogP contribution is 2.25. The van der Waals surface area contributed by atoms with Gasteiger partial charge in [0.05, 0.1) is 0 Å². The number of likely N-dealkylation sites (tertiary alicyclic amines) is 1. The maximum atomic E-state index is 12.1. The SMILES string of the molecule is CN(C)C(=O)c1cc(CC2CCCN(C3CCOCC3)CC2)ncn1. The number of carbonyl (C=O) groups excluding carboxylic acids is 1. The molecule has 1 amide bonds. The highest BCUT2D eigenvalue weighted by Gasteiger charge is 2.25. The molecule has 0 aliphatic carbocycles. The van der Waals surface area contributed by atoms with Gasteiger partial charge in [-0.2, -0.15) is 0 Å². The minimum Gasteiger partial charge on any atom is -0.381 e. The van der Waals surface area contributed by atoms with Crippen LogP contribution in [0.4, 0.5) is 0 Å². The molecule has 0 radical (unpaired) electrons. The van der Waals surface area contributed by atoms with Crippen molar-refractivity contribution in [3.63, 3.8) is 0 Å². The minimum atomic E-state index is -0.0600. The van der Waals surface area contributed by atoms with Gasteiger partial charge < -0.3 is 14.5 Å². The number of ether oxygens (including phenoxy) is 1.